The molecule has 8 nitrogen and oxygen atoms in total. The molecule has 3 aromatic heterocycles. The van der Waals surface area contributed by atoms with E-state index in [-0.39, 0.29) is 24.1 Å². The second-order valence-electron chi connectivity index (χ2n) is 6.87. The molecule has 1 N–H and O–H groups in total. The van der Waals surface area contributed by atoms with Gasteiger partial charge in [0.05, 0.1) is 6.26 Å². The maximum absolute atomic E-state index is 12.6. The smallest absolute Gasteiger partial charge is 0.293 e. The van der Waals surface area contributed by atoms with Crippen molar-refractivity contribution >= 4 is 11.4 Å². The molecule has 0 bridgehead atoms. The maximum atomic E-state index is 12.6. The van der Waals surface area contributed by atoms with Crippen LogP contribution in [-0.4, -0.2) is 31.3 Å². The number of fused-ring (bicyclic) bond motifs is 1. The highest BCUT2D eigenvalue weighted by molar-refractivity contribution is 5.76. The Kier molecular flexibility index (Phi) is 4.32. The quantitative estimate of drug-likeness (QED) is 0.771. The van der Waals surface area contributed by atoms with Gasteiger partial charge in [-0.25, -0.2) is 9.20 Å². The van der Waals surface area contributed by atoms with E-state index < -0.39 is 0 Å². The first-order valence-corrected chi connectivity index (χ1v) is 8.90. The molecule has 3 heterocycles. The Bertz CT molecular complexity index is 973. The molecule has 1 saturated carbocycles. The van der Waals surface area contributed by atoms with Crippen molar-refractivity contribution in [3.8, 4) is 11.5 Å². The van der Waals surface area contributed by atoms with Gasteiger partial charge in [0.1, 0.15) is 24.1 Å². The predicted octanol–water partition coefficient (Wildman–Crippen LogP) is 1.85. The minimum atomic E-state index is -0.357. The zero-order valence-corrected chi connectivity index (χ0v) is 14.6. The fourth-order valence-electron chi connectivity index (χ4n) is 3.51. The van der Waals surface area contributed by atoms with E-state index in [1.807, 2.05) is 0 Å². The molecule has 1 fully saturated rings. The summed E-state index contributed by atoms with van der Waals surface area (Å²) in [6.07, 6.45) is 7.44. The summed E-state index contributed by atoms with van der Waals surface area (Å²) in [5.74, 6) is 0.850. The van der Waals surface area contributed by atoms with Crippen LogP contribution in [0.25, 0.3) is 17.0 Å². The summed E-state index contributed by atoms with van der Waals surface area (Å²) in [5.41, 5.74) is 0.544. The minimum absolute atomic E-state index is 0.0974. The average molecular weight is 355 g/mol. The van der Waals surface area contributed by atoms with Gasteiger partial charge in [-0.05, 0) is 30.9 Å². The van der Waals surface area contributed by atoms with Crippen molar-refractivity contribution in [2.45, 2.75) is 45.2 Å². The van der Waals surface area contributed by atoms with Crippen LogP contribution in [0.3, 0.4) is 0 Å². The summed E-state index contributed by atoms with van der Waals surface area (Å²) >= 11 is 0. The molecular formula is C18H21N5O3. The molecule has 26 heavy (non-hydrogen) atoms. The first-order valence-electron chi connectivity index (χ1n) is 8.90. The van der Waals surface area contributed by atoms with Gasteiger partial charge in [0, 0.05) is 12.1 Å². The Morgan fingerprint density at radius 3 is 3.00 bits per heavy atom. The van der Waals surface area contributed by atoms with E-state index in [9.17, 15) is 9.59 Å². The van der Waals surface area contributed by atoms with Crippen molar-refractivity contribution in [1.82, 2.24) is 24.7 Å². The number of furan rings is 1. The lowest BCUT2D eigenvalue weighted by Gasteiger charge is -2.29. The molecule has 0 unspecified atom stereocenters. The van der Waals surface area contributed by atoms with Crippen LogP contribution in [0.2, 0.25) is 0 Å². The second kappa shape index (κ2) is 6.78. The van der Waals surface area contributed by atoms with E-state index >= 15 is 0 Å². The SMILES string of the molecule is C[C@H]1CCCC[C@H]1NC(=O)Cn1ncn2nc(-c3ccco3)cc2c1=O. The zero-order chi connectivity index (χ0) is 18.1. The number of nitrogens with one attached hydrogen (secondary N) is 1. The van der Waals surface area contributed by atoms with Crippen molar-refractivity contribution in [2.75, 3.05) is 0 Å². The summed E-state index contributed by atoms with van der Waals surface area (Å²) in [5, 5.41) is 11.4. The minimum Gasteiger partial charge on any atom is -0.463 e. The second-order valence-corrected chi connectivity index (χ2v) is 6.87. The molecular weight excluding hydrogens is 334 g/mol. The average Bonchev–Trinajstić information content (AvgIpc) is 3.29. The number of hydrogen-bond donors (Lipinski definition) is 1. The predicted molar refractivity (Wildman–Crippen MR) is 94.5 cm³/mol. The van der Waals surface area contributed by atoms with Gasteiger partial charge in [0.25, 0.3) is 5.56 Å². The lowest BCUT2D eigenvalue weighted by Crippen LogP contribution is -2.44. The van der Waals surface area contributed by atoms with Gasteiger partial charge in [-0.15, -0.1) is 0 Å². The van der Waals surface area contributed by atoms with Crippen molar-refractivity contribution in [3.05, 3.63) is 41.1 Å². The normalized spacial score (nSPS) is 20.3. The number of rotatable bonds is 4. The number of nitrogens with zero attached hydrogens (tertiary/aromatic N) is 4. The summed E-state index contributed by atoms with van der Waals surface area (Å²) in [6, 6.07) is 5.34. The van der Waals surface area contributed by atoms with E-state index in [4.69, 9.17) is 4.42 Å². The standard InChI is InChI=1S/C18H21N5O3/c1-12-5-2-3-6-13(12)20-17(24)10-22-18(25)15-9-14(16-7-4-8-26-16)21-23(15)11-19-22/h4,7-9,11-13H,2-3,5-6,10H2,1H3,(H,20,24)/t12-,13+/m0/s1. The van der Waals surface area contributed by atoms with Crippen molar-refractivity contribution in [2.24, 2.45) is 5.92 Å². The van der Waals surface area contributed by atoms with Gasteiger partial charge in [-0.2, -0.15) is 10.2 Å². The van der Waals surface area contributed by atoms with Crippen molar-refractivity contribution < 1.29 is 9.21 Å². The Labute approximate surface area is 149 Å². The fourth-order valence-corrected chi connectivity index (χ4v) is 3.51. The highest BCUT2D eigenvalue weighted by Gasteiger charge is 2.23. The van der Waals surface area contributed by atoms with Gasteiger partial charge < -0.3 is 9.73 Å². The summed E-state index contributed by atoms with van der Waals surface area (Å²) in [7, 11) is 0. The van der Waals surface area contributed by atoms with Crippen LogP contribution in [0.4, 0.5) is 0 Å². The van der Waals surface area contributed by atoms with Gasteiger partial charge >= 0.3 is 0 Å². The molecule has 2 atom stereocenters. The maximum Gasteiger partial charge on any atom is 0.293 e. The van der Waals surface area contributed by atoms with E-state index in [0.717, 1.165) is 19.3 Å². The molecule has 0 radical (unpaired) electrons. The summed E-state index contributed by atoms with van der Waals surface area (Å²) < 4.78 is 7.88. The number of carbonyl (C=O) groups is 1. The monoisotopic (exact) mass is 355 g/mol. The third-order valence-corrected chi connectivity index (χ3v) is 5.01. The Hall–Kier alpha value is -2.90. The van der Waals surface area contributed by atoms with Gasteiger partial charge in [0.2, 0.25) is 5.91 Å². The number of amides is 1. The van der Waals surface area contributed by atoms with E-state index in [2.05, 4.69) is 22.4 Å². The largest absolute Gasteiger partial charge is 0.463 e. The molecule has 0 spiro atoms. The molecule has 0 aromatic carbocycles. The molecule has 4 rings (SSSR count). The number of aromatic nitrogens is 4. The van der Waals surface area contributed by atoms with E-state index in [1.165, 1.54) is 21.9 Å². The highest BCUT2D eigenvalue weighted by atomic mass is 16.3. The Morgan fingerprint density at radius 2 is 2.23 bits per heavy atom. The van der Waals surface area contributed by atoms with Crippen molar-refractivity contribution in [1.29, 1.82) is 0 Å². The first kappa shape index (κ1) is 16.6. The van der Waals surface area contributed by atoms with Crippen LogP contribution < -0.4 is 10.9 Å². The van der Waals surface area contributed by atoms with Crippen LogP contribution in [0.15, 0.2) is 40.0 Å². The number of carbonyl (C=O) groups excluding carboxylic acids is 1. The zero-order valence-electron chi connectivity index (χ0n) is 14.6. The van der Waals surface area contributed by atoms with Gasteiger partial charge in [0.15, 0.2) is 5.76 Å². The topological polar surface area (TPSA) is 94.4 Å². The highest BCUT2D eigenvalue weighted by Crippen LogP contribution is 2.23. The van der Waals surface area contributed by atoms with Crippen LogP contribution >= 0.6 is 0 Å². The van der Waals surface area contributed by atoms with Gasteiger partial charge in [-0.1, -0.05) is 19.8 Å². The van der Waals surface area contributed by atoms with Crippen LogP contribution in [0.1, 0.15) is 32.6 Å². The molecule has 0 saturated heterocycles. The summed E-state index contributed by atoms with van der Waals surface area (Å²) in [6.45, 7) is 2.06. The van der Waals surface area contributed by atoms with Crippen LogP contribution in [0.5, 0.6) is 0 Å². The van der Waals surface area contributed by atoms with E-state index in [1.54, 1.807) is 24.5 Å². The third kappa shape index (κ3) is 3.14. The fraction of sp³-hybridized carbons (Fsp3) is 0.444. The van der Waals surface area contributed by atoms with Crippen LogP contribution in [-0.2, 0) is 11.3 Å². The molecule has 1 aliphatic carbocycles. The molecule has 3 aromatic rings. The molecule has 8 heteroatoms. The third-order valence-electron chi connectivity index (χ3n) is 5.01. The molecule has 0 aliphatic heterocycles. The molecule has 1 amide bonds. The summed E-state index contributed by atoms with van der Waals surface area (Å²) in [4.78, 5) is 25.0. The Morgan fingerprint density at radius 1 is 1.38 bits per heavy atom. The van der Waals surface area contributed by atoms with Crippen molar-refractivity contribution in [3.63, 3.8) is 0 Å². The lowest BCUT2D eigenvalue weighted by atomic mass is 9.86. The van der Waals surface area contributed by atoms with E-state index in [0.29, 0.717) is 22.9 Å². The lowest BCUT2D eigenvalue weighted by molar-refractivity contribution is -0.123. The first-order chi connectivity index (χ1) is 12.6. The van der Waals surface area contributed by atoms with Crippen LogP contribution in [0, 0.1) is 5.92 Å². The molecule has 136 valence electrons. The number of hydrogen-bond acceptors (Lipinski definition) is 5. The molecule has 1 aliphatic rings. The Balaban J connectivity index is 1.54. The van der Waals surface area contributed by atoms with Gasteiger partial charge in [-0.3, -0.25) is 9.59 Å².